The lowest BCUT2D eigenvalue weighted by molar-refractivity contribution is -0.773. The Morgan fingerprint density at radius 2 is 2.06 bits per heavy atom. The fraction of sp³-hybridized carbons (Fsp3) is 0. The van der Waals surface area contributed by atoms with Gasteiger partial charge in [0.2, 0.25) is 5.03 Å². The van der Waals surface area contributed by atoms with Crippen LogP contribution in [0.5, 0.6) is 0 Å². The van der Waals surface area contributed by atoms with Crippen LogP contribution in [0.2, 0.25) is 0 Å². The fourth-order valence-corrected chi connectivity index (χ4v) is 0.498. The molecule has 0 saturated carbocycles. The Labute approximate surface area is 85.5 Å². The largest absolute Gasteiger partial charge is 0.531 e. The van der Waals surface area contributed by atoms with Crippen LogP contribution in [0, 0.1) is 15.0 Å². The zero-order valence-corrected chi connectivity index (χ0v) is 7.42. The van der Waals surface area contributed by atoms with Crippen molar-refractivity contribution in [3.05, 3.63) is 27.4 Å². The highest BCUT2D eigenvalue weighted by atomic mass is 16.7. The van der Waals surface area contributed by atoms with Crippen molar-refractivity contribution in [2.75, 3.05) is 0 Å². The molecule has 0 fully saturated rings. The Hall–Kier alpha value is -2.99. The van der Waals surface area contributed by atoms with E-state index in [2.05, 4.69) is 30.4 Å². The van der Waals surface area contributed by atoms with Gasteiger partial charge in [-0.05, 0) is 10.3 Å². The van der Waals surface area contributed by atoms with Crippen LogP contribution in [0.1, 0.15) is 0 Å². The second kappa shape index (κ2) is 5.68. The molecule has 0 bridgehead atoms. The molecule has 2 N–H and O–H groups in total. The highest BCUT2D eigenvalue weighted by molar-refractivity contribution is 4.90. The van der Waals surface area contributed by atoms with Gasteiger partial charge in [-0.2, -0.15) is 5.21 Å². The van der Waals surface area contributed by atoms with E-state index in [1.807, 2.05) is 5.21 Å². The Morgan fingerprint density at radius 1 is 1.38 bits per heavy atom. The molecule has 2 heterocycles. The van der Waals surface area contributed by atoms with Gasteiger partial charge in [-0.3, -0.25) is 0 Å². The van der Waals surface area contributed by atoms with Gasteiger partial charge in [-0.1, -0.05) is 15.4 Å². The predicted octanol–water partition coefficient (Wildman–Crippen LogP) is -1.62. The minimum absolute atomic E-state index is 0.233. The van der Waals surface area contributed by atoms with Crippen LogP contribution < -0.4 is 5.53 Å². The molecule has 0 atom stereocenters. The third kappa shape index (κ3) is 3.81. The lowest BCUT2D eigenvalue weighted by atomic mass is 11.0. The molecule has 13 heteroatoms. The van der Waals surface area contributed by atoms with E-state index < -0.39 is 11.0 Å². The molecular weight excluding hydrogens is 226 g/mol. The summed E-state index contributed by atoms with van der Waals surface area (Å²) in [6.45, 7) is 0. The van der Waals surface area contributed by atoms with E-state index in [1.165, 1.54) is 17.9 Å². The number of nitroso groups, excluding NO2 is 1. The smallest absolute Gasteiger partial charge is 0.245 e. The molecule has 0 saturated heterocycles. The number of rotatable bonds is 3. The highest BCUT2D eigenvalue weighted by Gasteiger charge is 2.24. The molecule has 0 radical (unpaired) electrons. The molecule has 2 rings (SSSR count). The third-order valence-electron chi connectivity index (χ3n) is 0.971. The summed E-state index contributed by atoms with van der Waals surface area (Å²) < 4.78 is 4.08. The number of hydrogen-bond acceptors (Lipinski definition) is 9. The van der Waals surface area contributed by atoms with Gasteiger partial charge in [-0.15, -0.1) is 0 Å². The first-order chi connectivity index (χ1) is 7.70. The van der Waals surface area contributed by atoms with E-state index in [0.29, 0.717) is 0 Å². The molecule has 0 spiro atoms. The van der Waals surface area contributed by atoms with Crippen molar-refractivity contribution >= 4 is 5.95 Å². The topological polar surface area (TPSA) is 169 Å². The summed E-state index contributed by atoms with van der Waals surface area (Å²) in [4.78, 5) is 19.9. The minimum atomic E-state index is -1.04. The number of tetrazole rings is 1. The molecule has 16 heavy (non-hydrogen) atoms. The zero-order valence-electron chi connectivity index (χ0n) is 7.42. The van der Waals surface area contributed by atoms with Crippen molar-refractivity contribution in [1.82, 2.24) is 36.5 Å². The molecule has 2 aromatic heterocycles. The maximum absolute atomic E-state index is 10.5. The molecule has 0 unspecified atom stereocenters. The normalized spacial score (nSPS) is 8.75. The maximum atomic E-state index is 10.5. The Kier molecular flexibility index (Phi) is 3.94. The minimum Gasteiger partial charge on any atom is -0.245 e. The summed E-state index contributed by atoms with van der Waals surface area (Å²) in [6, 6.07) is 0. The van der Waals surface area contributed by atoms with Gasteiger partial charge in [0.15, 0.2) is 5.53 Å². The van der Waals surface area contributed by atoms with Gasteiger partial charge in [0.25, 0.3) is 4.87 Å². The maximum Gasteiger partial charge on any atom is 0.531 e. The SMILES string of the molecule is O=[N+]([O-])N[N+](=O)c1nn[nH]n1.c1cnon1. The van der Waals surface area contributed by atoms with Crippen molar-refractivity contribution in [2.24, 2.45) is 0 Å². The average Bonchev–Trinajstić information content (AvgIpc) is 2.94. The van der Waals surface area contributed by atoms with E-state index in [1.54, 1.807) is 0 Å². The van der Waals surface area contributed by atoms with E-state index in [4.69, 9.17) is 0 Å². The number of nitrogens with zero attached hydrogens (tertiary/aromatic N) is 7. The Morgan fingerprint density at radius 3 is 2.44 bits per heavy atom. The molecule has 0 aliphatic rings. The number of hydrogen-bond donors (Lipinski definition) is 2. The first-order valence-corrected chi connectivity index (χ1v) is 3.53. The van der Waals surface area contributed by atoms with Crippen molar-refractivity contribution in [3.8, 4) is 0 Å². The molecule has 0 aliphatic heterocycles. The second-order valence-electron chi connectivity index (χ2n) is 1.95. The van der Waals surface area contributed by atoms with Gasteiger partial charge in [0.05, 0.1) is 17.3 Å². The fourth-order valence-electron chi connectivity index (χ4n) is 0.498. The molecule has 0 aliphatic carbocycles. The summed E-state index contributed by atoms with van der Waals surface area (Å²) in [6.07, 6.45) is 2.94. The van der Waals surface area contributed by atoms with Crippen molar-refractivity contribution in [3.63, 3.8) is 0 Å². The highest BCUT2D eigenvalue weighted by Crippen LogP contribution is 1.91. The molecule has 0 aromatic carbocycles. The number of H-pyrrole nitrogens is 1. The number of nitro groups is 1. The van der Waals surface area contributed by atoms with Crippen molar-refractivity contribution < 1.29 is 14.5 Å². The van der Waals surface area contributed by atoms with E-state index >= 15 is 0 Å². The first kappa shape index (κ1) is 11.1. The standard InChI is InChI=1S/C2H2N2O.CH2N7O3/c1-2-4-5-3-1;9-7(6-8(10)11)1-2-4-5-3-1/h1-2H;(H,6,9)(H,2,3,4,5)/q;+1. The quantitative estimate of drug-likeness (QED) is 0.354. The predicted molar refractivity (Wildman–Crippen MR) is 41.9 cm³/mol. The molecule has 0 amide bonds. The molecule has 84 valence electrons. The number of aromatic amines is 1. The van der Waals surface area contributed by atoms with Gasteiger partial charge in [0.1, 0.15) is 0 Å². The monoisotopic (exact) mass is 230 g/mol. The lowest BCUT2D eigenvalue weighted by Crippen LogP contribution is -2.29. The number of aromatic nitrogens is 6. The summed E-state index contributed by atoms with van der Waals surface area (Å²) in [7, 11) is 0. The summed E-state index contributed by atoms with van der Waals surface area (Å²) in [5.74, 6) is -0.457. The zero-order chi connectivity index (χ0) is 11.8. The Balaban J connectivity index is 0.000000212. The van der Waals surface area contributed by atoms with Gasteiger partial charge >= 0.3 is 5.95 Å². The molecular formula is C3H4N9O4+. The molecule has 13 nitrogen and oxygen atoms in total. The van der Waals surface area contributed by atoms with Crippen LogP contribution in [0.25, 0.3) is 0 Å². The van der Waals surface area contributed by atoms with E-state index in [0.717, 1.165) is 0 Å². The van der Waals surface area contributed by atoms with Crippen LogP contribution in [0.15, 0.2) is 17.0 Å². The van der Waals surface area contributed by atoms with Gasteiger partial charge in [-0.25, -0.2) is 14.7 Å². The summed E-state index contributed by atoms with van der Waals surface area (Å²) in [5, 5.41) is 26.4. The number of nitrogens with one attached hydrogen (secondary N) is 2. The van der Waals surface area contributed by atoms with E-state index in [-0.39, 0.29) is 4.87 Å². The van der Waals surface area contributed by atoms with Crippen LogP contribution in [-0.4, -0.2) is 40.8 Å². The summed E-state index contributed by atoms with van der Waals surface area (Å²) >= 11 is 0. The van der Waals surface area contributed by atoms with Crippen LogP contribution >= 0.6 is 0 Å². The van der Waals surface area contributed by atoms with Crippen LogP contribution in [-0.2, 0) is 0 Å². The molecule has 2 aromatic rings. The summed E-state index contributed by atoms with van der Waals surface area (Å²) in [5.41, 5.74) is 1.26. The van der Waals surface area contributed by atoms with E-state index in [9.17, 15) is 15.0 Å². The van der Waals surface area contributed by atoms with Gasteiger partial charge < -0.3 is 0 Å². The van der Waals surface area contributed by atoms with Crippen LogP contribution in [0.3, 0.4) is 0 Å². The lowest BCUT2D eigenvalue weighted by Gasteiger charge is -1.78. The Bertz CT molecular complexity index is 404. The van der Waals surface area contributed by atoms with Crippen LogP contribution in [0.4, 0.5) is 5.95 Å². The average molecular weight is 230 g/mol. The number of hydrazine groups is 2. The first-order valence-electron chi connectivity index (χ1n) is 3.53. The van der Waals surface area contributed by atoms with Gasteiger partial charge in [0, 0.05) is 0 Å². The third-order valence-corrected chi connectivity index (χ3v) is 0.971. The second-order valence-corrected chi connectivity index (χ2v) is 1.95. The van der Waals surface area contributed by atoms with Crippen molar-refractivity contribution in [2.45, 2.75) is 0 Å². The van der Waals surface area contributed by atoms with Crippen molar-refractivity contribution in [1.29, 1.82) is 0 Å².